The number of aryl methyl sites for hydroxylation is 4. The van der Waals surface area contributed by atoms with Gasteiger partial charge in [-0.05, 0) is 117 Å². The van der Waals surface area contributed by atoms with Crippen LogP contribution in [0.1, 0.15) is 44.5 Å². The average Bonchev–Trinajstić information content (AvgIpc) is 3.88. The van der Waals surface area contributed by atoms with Gasteiger partial charge in [0.15, 0.2) is 0 Å². The van der Waals surface area contributed by atoms with Gasteiger partial charge in [0.1, 0.15) is 0 Å². The number of benzene rings is 8. The van der Waals surface area contributed by atoms with E-state index in [0.717, 1.165) is 0 Å². The van der Waals surface area contributed by atoms with Crippen LogP contribution < -0.4 is 16.4 Å². The molecule has 56 heavy (non-hydrogen) atoms. The van der Waals surface area contributed by atoms with Crippen molar-refractivity contribution in [1.82, 2.24) is 9.13 Å². The Morgan fingerprint density at radius 2 is 0.982 bits per heavy atom. The Bertz CT molecular complexity index is 3480. The fourth-order valence-electron chi connectivity index (χ4n) is 12.4. The van der Waals surface area contributed by atoms with E-state index >= 15 is 0 Å². The summed E-state index contributed by atoms with van der Waals surface area (Å²) >= 11 is 0. The minimum absolute atomic E-state index is 0.0633. The Morgan fingerprint density at radius 1 is 0.411 bits per heavy atom. The van der Waals surface area contributed by atoms with Crippen molar-refractivity contribution in [2.24, 2.45) is 0 Å². The Labute approximate surface area is 325 Å². The predicted molar refractivity (Wildman–Crippen MR) is 235 cm³/mol. The number of hydrogen-bond donors (Lipinski definition) is 0. The highest BCUT2D eigenvalue weighted by Gasteiger charge is 2.55. The van der Waals surface area contributed by atoms with Gasteiger partial charge in [0.05, 0.1) is 22.1 Å². The van der Waals surface area contributed by atoms with Gasteiger partial charge < -0.3 is 9.13 Å². The molecular weight excluding hydrogens is 675 g/mol. The van der Waals surface area contributed by atoms with Crippen molar-refractivity contribution >= 4 is 66.7 Å². The highest BCUT2D eigenvalue weighted by Crippen LogP contribution is 2.62. The van der Waals surface area contributed by atoms with Crippen molar-refractivity contribution in [3.8, 4) is 33.6 Å². The first-order valence-corrected chi connectivity index (χ1v) is 20.1. The molecule has 3 heteroatoms. The smallest absolute Gasteiger partial charge is 0.252 e. The Hall–Kier alpha value is -6.58. The SMILES string of the molecule is Cc1cccc2c1c1c(C)ccc3c1n2-c1c(-c2ccccc2)cc2c4c1B3c1ccc(C)c3c5c(C)ccc(c5n-4c13)C21c2ccccc2-c2ccccc21. The first kappa shape index (κ1) is 29.7. The molecule has 0 saturated carbocycles. The number of fused-ring (bicyclic) bond motifs is 14. The lowest BCUT2D eigenvalue weighted by Gasteiger charge is -2.44. The third-order valence-corrected chi connectivity index (χ3v) is 14.4. The van der Waals surface area contributed by atoms with Crippen LogP contribution in [0.25, 0.3) is 77.2 Å². The average molecular weight is 711 g/mol. The quantitative estimate of drug-likeness (QED) is 0.150. The first-order chi connectivity index (χ1) is 27.5. The second-order valence-corrected chi connectivity index (χ2v) is 16.9. The molecule has 0 bridgehead atoms. The minimum Gasteiger partial charge on any atom is -0.310 e. The van der Waals surface area contributed by atoms with Gasteiger partial charge in [0.2, 0.25) is 0 Å². The van der Waals surface area contributed by atoms with Gasteiger partial charge in [0.25, 0.3) is 6.71 Å². The van der Waals surface area contributed by atoms with Crippen LogP contribution in [0, 0.1) is 27.7 Å². The normalized spacial score (nSPS) is 14.5. The van der Waals surface area contributed by atoms with Crippen LogP contribution in [-0.2, 0) is 5.41 Å². The van der Waals surface area contributed by atoms with Gasteiger partial charge in [-0.1, -0.05) is 127 Å². The zero-order chi connectivity index (χ0) is 36.9. The fourth-order valence-corrected chi connectivity index (χ4v) is 12.4. The van der Waals surface area contributed by atoms with E-state index in [1.54, 1.807) is 0 Å². The Kier molecular flexibility index (Phi) is 5.11. The zero-order valence-electron chi connectivity index (χ0n) is 31.8. The highest BCUT2D eigenvalue weighted by molar-refractivity contribution is 7.00. The van der Waals surface area contributed by atoms with Crippen molar-refractivity contribution in [3.63, 3.8) is 0 Å². The predicted octanol–water partition coefficient (Wildman–Crippen LogP) is 10.6. The molecule has 0 fully saturated rings. The maximum absolute atomic E-state index is 2.75. The number of nitrogens with zero attached hydrogens (tertiary/aromatic N) is 2. The van der Waals surface area contributed by atoms with Gasteiger partial charge in [0, 0.05) is 43.8 Å². The summed E-state index contributed by atoms with van der Waals surface area (Å²) in [4.78, 5) is 0. The monoisotopic (exact) mass is 710 g/mol. The van der Waals surface area contributed by atoms with Crippen molar-refractivity contribution < 1.29 is 0 Å². The molecule has 2 nitrogen and oxygen atoms in total. The van der Waals surface area contributed by atoms with E-state index in [2.05, 4.69) is 176 Å². The second-order valence-electron chi connectivity index (χ2n) is 16.9. The van der Waals surface area contributed by atoms with Gasteiger partial charge in [-0.3, -0.25) is 0 Å². The molecule has 1 spiro atoms. The standard InChI is InChI=1S/C53H35BN2/c1-28-13-12-20-42-43(28)44-30(3)22-25-40-51(44)55(42)48-35(32-14-6-5-7-15-32)27-39-50-47(48)54(40)41-26-23-31(4)46-45-29(2)21-24-38(49(45)56(50)52(41)46)53(39)36-18-10-8-16-33(36)34-17-9-11-19-37(34)53/h5-27H,1-4H3. The van der Waals surface area contributed by atoms with Crippen molar-refractivity contribution in [2.45, 2.75) is 33.1 Å². The largest absolute Gasteiger partial charge is 0.310 e. The molecule has 3 aliphatic heterocycles. The first-order valence-electron chi connectivity index (χ1n) is 20.1. The van der Waals surface area contributed by atoms with E-state index < -0.39 is 5.41 Å². The summed E-state index contributed by atoms with van der Waals surface area (Å²) in [5.41, 5.74) is 28.0. The summed E-state index contributed by atoms with van der Waals surface area (Å²) in [7, 11) is 0. The molecule has 2 aromatic heterocycles. The lowest BCUT2D eigenvalue weighted by atomic mass is 9.33. The number of rotatable bonds is 1. The third kappa shape index (κ3) is 3.01. The maximum atomic E-state index is 2.75. The molecule has 0 saturated heterocycles. The van der Waals surface area contributed by atoms with Gasteiger partial charge in [-0.25, -0.2) is 0 Å². The molecule has 0 atom stereocenters. The highest BCUT2D eigenvalue weighted by atomic mass is 15.1. The number of hydrogen-bond acceptors (Lipinski definition) is 0. The molecule has 0 amide bonds. The van der Waals surface area contributed by atoms with E-state index in [-0.39, 0.29) is 6.71 Å². The van der Waals surface area contributed by atoms with Crippen LogP contribution in [-0.4, -0.2) is 15.8 Å². The topological polar surface area (TPSA) is 9.86 Å². The zero-order valence-corrected chi connectivity index (χ0v) is 31.8. The Morgan fingerprint density at radius 3 is 1.68 bits per heavy atom. The molecule has 4 aliphatic rings. The lowest BCUT2D eigenvalue weighted by Crippen LogP contribution is -2.60. The molecule has 260 valence electrons. The molecule has 0 radical (unpaired) electrons. The van der Waals surface area contributed by atoms with Crippen molar-refractivity contribution in [1.29, 1.82) is 0 Å². The summed E-state index contributed by atoms with van der Waals surface area (Å²) in [6, 6.07) is 54.0. The molecular formula is C53H35BN2. The lowest BCUT2D eigenvalue weighted by molar-refractivity contribution is 0.749. The van der Waals surface area contributed by atoms with E-state index in [1.165, 1.54) is 138 Å². The molecule has 1 aliphatic carbocycles. The number of aromatic nitrogens is 2. The second kappa shape index (κ2) is 9.62. The summed E-state index contributed by atoms with van der Waals surface area (Å²) in [6.07, 6.45) is 0. The summed E-state index contributed by atoms with van der Waals surface area (Å²) in [6.45, 7) is 9.32. The van der Waals surface area contributed by atoms with E-state index in [0.29, 0.717) is 0 Å². The Balaban J connectivity index is 1.33. The van der Waals surface area contributed by atoms with Gasteiger partial charge in [-0.2, -0.15) is 0 Å². The summed E-state index contributed by atoms with van der Waals surface area (Å²) in [5.74, 6) is 0. The van der Waals surface area contributed by atoms with E-state index in [1.807, 2.05) is 0 Å². The van der Waals surface area contributed by atoms with E-state index in [4.69, 9.17) is 0 Å². The van der Waals surface area contributed by atoms with Gasteiger partial charge >= 0.3 is 0 Å². The van der Waals surface area contributed by atoms with Crippen molar-refractivity contribution in [3.05, 3.63) is 184 Å². The molecule has 0 N–H and O–H groups in total. The minimum atomic E-state index is -0.508. The van der Waals surface area contributed by atoms with Gasteiger partial charge in [-0.15, -0.1) is 0 Å². The molecule has 5 heterocycles. The fraction of sp³-hybridized carbons (Fsp3) is 0.0943. The van der Waals surface area contributed by atoms with Crippen LogP contribution >= 0.6 is 0 Å². The third-order valence-electron chi connectivity index (χ3n) is 14.4. The van der Waals surface area contributed by atoms with Crippen molar-refractivity contribution in [2.75, 3.05) is 0 Å². The van der Waals surface area contributed by atoms with Crippen LogP contribution in [0.4, 0.5) is 0 Å². The van der Waals surface area contributed by atoms with Crippen LogP contribution in [0.15, 0.2) is 140 Å². The van der Waals surface area contributed by atoms with Crippen LogP contribution in [0.2, 0.25) is 0 Å². The molecule has 14 rings (SSSR count). The summed E-state index contributed by atoms with van der Waals surface area (Å²) < 4.78 is 5.43. The molecule has 0 unspecified atom stereocenters. The maximum Gasteiger partial charge on any atom is 0.252 e. The van der Waals surface area contributed by atoms with E-state index in [9.17, 15) is 0 Å². The van der Waals surface area contributed by atoms with Crippen LogP contribution in [0.3, 0.4) is 0 Å². The summed E-state index contributed by atoms with van der Waals surface area (Å²) in [5, 5.41) is 5.57. The molecule has 10 aromatic rings. The molecule has 8 aromatic carbocycles. The van der Waals surface area contributed by atoms with Crippen LogP contribution in [0.5, 0.6) is 0 Å².